The summed E-state index contributed by atoms with van der Waals surface area (Å²) in [6.45, 7) is 3.03. The lowest BCUT2D eigenvalue weighted by molar-refractivity contribution is -0.123. The van der Waals surface area contributed by atoms with Gasteiger partial charge in [0.1, 0.15) is 5.75 Å². The minimum atomic E-state index is -0.371. The first-order chi connectivity index (χ1) is 12.6. The van der Waals surface area contributed by atoms with Crippen molar-refractivity contribution >= 4 is 23.2 Å². The average molecular weight is 351 g/mol. The smallest absolute Gasteiger partial charge is 0.251 e. The topological polar surface area (TPSA) is 64.1 Å². The molecule has 6 nitrogen and oxygen atoms in total. The van der Waals surface area contributed by atoms with E-state index in [9.17, 15) is 14.7 Å². The second-order valence-corrected chi connectivity index (χ2v) is 6.66. The largest absolute Gasteiger partial charge is 0.508 e. The van der Waals surface area contributed by atoms with Crippen molar-refractivity contribution in [1.29, 1.82) is 0 Å². The van der Waals surface area contributed by atoms with Gasteiger partial charge in [-0.2, -0.15) is 0 Å². The van der Waals surface area contributed by atoms with Gasteiger partial charge in [-0.1, -0.05) is 18.2 Å². The van der Waals surface area contributed by atoms with Gasteiger partial charge in [0.15, 0.2) is 0 Å². The van der Waals surface area contributed by atoms with Crippen LogP contribution in [-0.2, 0) is 9.59 Å². The highest BCUT2D eigenvalue weighted by atomic mass is 16.3. The lowest BCUT2D eigenvalue weighted by Gasteiger charge is -2.38. The van der Waals surface area contributed by atoms with E-state index < -0.39 is 0 Å². The van der Waals surface area contributed by atoms with Gasteiger partial charge in [0.25, 0.3) is 5.91 Å². The monoisotopic (exact) mass is 351 g/mol. The number of aromatic hydroxyl groups is 1. The number of imide groups is 1. The molecule has 2 heterocycles. The Hall–Kier alpha value is -2.86. The van der Waals surface area contributed by atoms with Gasteiger partial charge in [0.2, 0.25) is 5.91 Å². The van der Waals surface area contributed by atoms with Crippen molar-refractivity contribution in [2.24, 2.45) is 0 Å². The van der Waals surface area contributed by atoms with Crippen LogP contribution in [0.5, 0.6) is 5.75 Å². The third kappa shape index (κ3) is 3.04. The first kappa shape index (κ1) is 16.6. The Bertz CT molecular complexity index is 799. The maximum atomic E-state index is 12.8. The summed E-state index contributed by atoms with van der Waals surface area (Å²) < 4.78 is 0. The highest BCUT2D eigenvalue weighted by molar-refractivity contribution is 6.22. The number of anilines is 2. The Labute approximate surface area is 152 Å². The third-order valence-electron chi connectivity index (χ3n) is 5.11. The van der Waals surface area contributed by atoms with Crippen molar-refractivity contribution in [1.82, 2.24) is 4.90 Å². The Morgan fingerprint density at radius 3 is 2.12 bits per heavy atom. The number of amides is 2. The summed E-state index contributed by atoms with van der Waals surface area (Å²) in [5.74, 6) is -0.00472. The van der Waals surface area contributed by atoms with Crippen LogP contribution < -0.4 is 9.80 Å². The van der Waals surface area contributed by atoms with Crippen LogP contribution in [0.4, 0.5) is 11.4 Å². The van der Waals surface area contributed by atoms with E-state index in [0.717, 1.165) is 31.9 Å². The first-order valence-electron chi connectivity index (χ1n) is 8.83. The van der Waals surface area contributed by atoms with Gasteiger partial charge in [-0.3, -0.25) is 14.5 Å². The Kier molecular flexibility index (Phi) is 4.34. The molecule has 6 heteroatoms. The zero-order valence-electron chi connectivity index (χ0n) is 14.4. The van der Waals surface area contributed by atoms with Crippen molar-refractivity contribution in [2.75, 3.05) is 36.0 Å². The molecular weight excluding hydrogens is 330 g/mol. The number of rotatable bonds is 3. The second-order valence-electron chi connectivity index (χ2n) is 6.66. The average Bonchev–Trinajstić information content (AvgIpc) is 2.97. The van der Waals surface area contributed by atoms with Gasteiger partial charge in [0.05, 0.1) is 18.2 Å². The molecule has 2 aromatic rings. The number of hydrogen-bond acceptors (Lipinski definition) is 5. The number of phenols is 1. The molecule has 0 bridgehead atoms. The molecular formula is C20H21N3O3. The molecule has 0 spiro atoms. The van der Waals surface area contributed by atoms with Crippen molar-refractivity contribution in [3.8, 4) is 5.75 Å². The summed E-state index contributed by atoms with van der Waals surface area (Å²) in [7, 11) is 0. The van der Waals surface area contributed by atoms with Crippen LogP contribution in [0.1, 0.15) is 6.42 Å². The van der Waals surface area contributed by atoms with Gasteiger partial charge in [-0.25, -0.2) is 4.90 Å². The lowest BCUT2D eigenvalue weighted by Crippen LogP contribution is -2.52. The van der Waals surface area contributed by atoms with E-state index in [2.05, 4.69) is 9.80 Å². The summed E-state index contributed by atoms with van der Waals surface area (Å²) in [5, 5.41) is 9.41. The molecule has 0 aliphatic carbocycles. The molecule has 1 N–H and O–H groups in total. The Morgan fingerprint density at radius 1 is 0.808 bits per heavy atom. The van der Waals surface area contributed by atoms with E-state index in [-0.39, 0.29) is 30.0 Å². The number of phenolic OH excluding ortho intramolecular Hbond substituents is 1. The molecule has 26 heavy (non-hydrogen) atoms. The molecule has 0 radical (unpaired) electrons. The van der Waals surface area contributed by atoms with Crippen molar-refractivity contribution in [3.05, 3.63) is 54.6 Å². The maximum Gasteiger partial charge on any atom is 0.251 e. The SMILES string of the molecule is O=C1C[C@@H](N2CCN(c3ccc(O)cc3)CC2)C(=O)N1c1ccccc1. The fraction of sp³-hybridized carbons (Fsp3) is 0.300. The van der Waals surface area contributed by atoms with Crippen molar-refractivity contribution in [3.63, 3.8) is 0 Å². The molecule has 4 rings (SSSR count). The number of piperazine rings is 1. The minimum absolute atomic E-state index is 0.126. The summed E-state index contributed by atoms with van der Waals surface area (Å²) in [5.41, 5.74) is 1.70. The molecule has 2 amide bonds. The zero-order chi connectivity index (χ0) is 18.1. The minimum Gasteiger partial charge on any atom is -0.508 e. The van der Waals surface area contributed by atoms with E-state index in [1.54, 1.807) is 24.3 Å². The highest BCUT2D eigenvalue weighted by Crippen LogP contribution is 2.27. The van der Waals surface area contributed by atoms with E-state index in [4.69, 9.17) is 0 Å². The highest BCUT2D eigenvalue weighted by Gasteiger charge is 2.43. The fourth-order valence-electron chi connectivity index (χ4n) is 3.70. The first-order valence-corrected chi connectivity index (χ1v) is 8.83. The van der Waals surface area contributed by atoms with E-state index in [0.29, 0.717) is 5.69 Å². The predicted octanol–water partition coefficient (Wildman–Crippen LogP) is 1.85. The van der Waals surface area contributed by atoms with Gasteiger partial charge in [-0.15, -0.1) is 0 Å². The molecule has 2 aromatic carbocycles. The van der Waals surface area contributed by atoms with Gasteiger partial charge < -0.3 is 10.0 Å². The quantitative estimate of drug-likeness (QED) is 0.855. The number of hydrogen-bond donors (Lipinski definition) is 1. The standard InChI is InChI=1S/C20H21N3O3/c24-17-8-6-15(7-9-17)21-10-12-22(13-11-21)18-14-19(25)23(20(18)26)16-4-2-1-3-5-16/h1-9,18,24H,10-14H2/t18-/m1/s1. The predicted molar refractivity (Wildman–Crippen MR) is 99.2 cm³/mol. The Morgan fingerprint density at radius 2 is 1.46 bits per heavy atom. The van der Waals surface area contributed by atoms with Gasteiger partial charge in [0, 0.05) is 31.9 Å². The van der Waals surface area contributed by atoms with Crippen LogP contribution >= 0.6 is 0 Å². The van der Waals surface area contributed by atoms with Crippen LogP contribution in [0.2, 0.25) is 0 Å². The number of carbonyl (C=O) groups is 2. The second kappa shape index (κ2) is 6.80. The van der Waals surface area contributed by atoms with Crippen LogP contribution in [-0.4, -0.2) is 54.0 Å². The molecule has 2 saturated heterocycles. The molecule has 2 aliphatic rings. The normalized spacial score (nSPS) is 21.5. The number of carbonyl (C=O) groups excluding carboxylic acids is 2. The van der Waals surface area contributed by atoms with Gasteiger partial charge >= 0.3 is 0 Å². The Balaban J connectivity index is 1.42. The molecule has 0 aromatic heterocycles. The number of benzene rings is 2. The van der Waals surface area contributed by atoms with Crippen LogP contribution in [0.15, 0.2) is 54.6 Å². The van der Waals surface area contributed by atoms with E-state index >= 15 is 0 Å². The fourth-order valence-corrected chi connectivity index (χ4v) is 3.70. The molecule has 0 unspecified atom stereocenters. The summed E-state index contributed by atoms with van der Waals surface area (Å²) in [6.07, 6.45) is 0.243. The van der Waals surface area contributed by atoms with Crippen LogP contribution in [0, 0.1) is 0 Å². The third-order valence-corrected chi connectivity index (χ3v) is 5.11. The molecule has 1 atom stereocenters. The number of para-hydroxylation sites is 1. The summed E-state index contributed by atoms with van der Waals surface area (Å²) in [4.78, 5) is 30.9. The summed E-state index contributed by atoms with van der Waals surface area (Å²) in [6, 6.07) is 15.9. The molecule has 2 aliphatic heterocycles. The lowest BCUT2D eigenvalue weighted by atomic mass is 10.1. The molecule has 2 fully saturated rings. The maximum absolute atomic E-state index is 12.8. The van der Waals surface area contributed by atoms with Crippen LogP contribution in [0.3, 0.4) is 0 Å². The van der Waals surface area contributed by atoms with Crippen molar-refractivity contribution < 1.29 is 14.7 Å². The zero-order valence-corrected chi connectivity index (χ0v) is 14.4. The number of nitrogens with zero attached hydrogens (tertiary/aromatic N) is 3. The molecule has 0 saturated carbocycles. The van der Waals surface area contributed by atoms with E-state index in [1.807, 2.05) is 30.3 Å². The molecule has 134 valence electrons. The van der Waals surface area contributed by atoms with Crippen LogP contribution in [0.25, 0.3) is 0 Å². The van der Waals surface area contributed by atoms with Gasteiger partial charge in [-0.05, 0) is 36.4 Å². The van der Waals surface area contributed by atoms with Crippen molar-refractivity contribution in [2.45, 2.75) is 12.5 Å². The van der Waals surface area contributed by atoms with E-state index in [1.165, 1.54) is 4.90 Å². The summed E-state index contributed by atoms with van der Waals surface area (Å²) >= 11 is 0.